The number of nitrogens with one attached hydrogen (secondary N) is 2. The molecule has 2 aliphatic heterocycles. The molecule has 0 amide bonds. The minimum Gasteiger partial charge on any atom is -0.435 e. The molecule has 1 aromatic carbocycles. The van der Waals surface area contributed by atoms with Crippen LogP contribution in [0.15, 0.2) is 47.2 Å². The summed E-state index contributed by atoms with van der Waals surface area (Å²) in [6.07, 6.45) is 3.57. The van der Waals surface area contributed by atoms with Gasteiger partial charge < -0.3 is 30.7 Å². The summed E-state index contributed by atoms with van der Waals surface area (Å²) in [6.45, 7) is 3.29. The van der Waals surface area contributed by atoms with E-state index in [4.69, 9.17) is 5.41 Å². The minimum atomic E-state index is -4.52. The number of nitrogens with zero attached hydrogens (tertiary/aromatic N) is 5. The lowest BCUT2D eigenvalue weighted by molar-refractivity contribution is -0.138. The van der Waals surface area contributed by atoms with Gasteiger partial charge in [0.15, 0.2) is 0 Å². The zero-order valence-electron chi connectivity index (χ0n) is 20.9. The first kappa shape index (κ1) is 27.3. The number of rotatable bonds is 7. The van der Waals surface area contributed by atoms with Crippen LogP contribution >= 0.6 is 0 Å². The Hall–Kier alpha value is -3.72. The van der Waals surface area contributed by atoms with Crippen LogP contribution in [-0.4, -0.2) is 71.8 Å². The number of aliphatic imine (C=N–C) groups is 1. The third kappa shape index (κ3) is 7.41. The largest absolute Gasteiger partial charge is 0.435 e. The van der Waals surface area contributed by atoms with Crippen LogP contribution < -0.4 is 10.3 Å². The number of anilines is 1. The summed E-state index contributed by atoms with van der Waals surface area (Å²) in [6, 6.07) is 4.09. The fourth-order valence-electron chi connectivity index (χ4n) is 4.19. The topological polar surface area (TPSA) is 102 Å². The highest BCUT2D eigenvalue weighted by atomic mass is 19.4. The molecule has 38 heavy (non-hydrogen) atoms. The highest BCUT2D eigenvalue weighted by Crippen LogP contribution is 2.35. The molecule has 2 aliphatic rings. The van der Waals surface area contributed by atoms with Gasteiger partial charge in [0, 0.05) is 57.0 Å². The molecule has 8 nitrogen and oxygen atoms in total. The van der Waals surface area contributed by atoms with Gasteiger partial charge >= 0.3 is 6.18 Å². The van der Waals surface area contributed by atoms with Crippen molar-refractivity contribution in [3.05, 3.63) is 64.9 Å². The van der Waals surface area contributed by atoms with Crippen LogP contribution in [0.4, 0.5) is 18.9 Å². The summed E-state index contributed by atoms with van der Waals surface area (Å²) in [5, 5.41) is 20.5. The molecule has 0 aliphatic carbocycles. The number of halogens is 3. The third-order valence-corrected chi connectivity index (χ3v) is 6.31. The molecule has 0 spiro atoms. The van der Waals surface area contributed by atoms with E-state index < -0.39 is 18.0 Å². The number of aliphatic hydroxyl groups is 1. The Kier molecular flexibility index (Phi) is 8.78. The number of piperazine rings is 1. The number of benzene rings is 1. The minimum absolute atomic E-state index is 0.167. The smallest absolute Gasteiger partial charge is 0.416 e. The molecule has 0 radical (unpaired) electrons. The summed E-state index contributed by atoms with van der Waals surface area (Å²) < 4.78 is 41.7. The first-order chi connectivity index (χ1) is 18.2. The van der Waals surface area contributed by atoms with Gasteiger partial charge in [-0.15, -0.1) is 0 Å². The van der Waals surface area contributed by atoms with Crippen LogP contribution in [0.2, 0.25) is 0 Å². The van der Waals surface area contributed by atoms with Crippen molar-refractivity contribution >= 4 is 24.2 Å². The molecule has 1 saturated heterocycles. The lowest BCUT2D eigenvalue weighted by Gasteiger charge is -2.33. The number of allylic oxidation sites excluding steroid dienone is 1. The Bertz CT molecular complexity index is 1280. The standard InChI is InChI=1S/C27H29F3N7O/c1-36-9-11-37(12-10-36)18-20-5-6-22(14-24(20)27(28,29)30)35-26(38)21-13-19(15-32-16-21)4-7-25-33-17-23(34-25)3-2-8-31/h2-3,5-6,8,14-17,19,26,31,35,38H,9-13,18H2,1H3/q-1/b3-2-,31-8?. The van der Waals surface area contributed by atoms with Gasteiger partial charge in [0.1, 0.15) is 6.23 Å². The van der Waals surface area contributed by atoms with Crippen molar-refractivity contribution in [2.24, 2.45) is 10.9 Å². The van der Waals surface area contributed by atoms with E-state index >= 15 is 0 Å². The SMILES string of the molecule is CN1CCN(Cc2ccc(NC(O)C3=CN=CC(C#Cc4nc(/C=C\C=N)c[n-]4)C3)cc2C(F)(F)F)CC1. The molecule has 4 rings (SSSR count). The Morgan fingerprint density at radius 1 is 1.29 bits per heavy atom. The third-order valence-electron chi connectivity index (χ3n) is 6.31. The maximum atomic E-state index is 13.9. The number of hydrogen-bond donors (Lipinski definition) is 3. The summed E-state index contributed by atoms with van der Waals surface area (Å²) >= 11 is 0. The van der Waals surface area contributed by atoms with E-state index in [1.807, 2.05) is 11.9 Å². The maximum Gasteiger partial charge on any atom is 0.416 e. The normalized spacial score (nSPS) is 19.6. The van der Waals surface area contributed by atoms with E-state index in [-0.39, 0.29) is 23.7 Å². The van der Waals surface area contributed by atoms with Crippen LogP contribution in [0.3, 0.4) is 0 Å². The molecule has 11 heteroatoms. The van der Waals surface area contributed by atoms with E-state index in [1.54, 1.807) is 24.6 Å². The van der Waals surface area contributed by atoms with Crippen molar-refractivity contribution in [1.82, 2.24) is 19.8 Å². The molecule has 0 saturated carbocycles. The molecule has 2 aromatic rings. The van der Waals surface area contributed by atoms with E-state index in [2.05, 4.69) is 37.0 Å². The molecule has 200 valence electrons. The summed E-state index contributed by atoms with van der Waals surface area (Å²) in [5.74, 6) is 5.89. The second kappa shape index (κ2) is 12.2. The fourth-order valence-corrected chi connectivity index (χ4v) is 4.19. The highest BCUT2D eigenvalue weighted by molar-refractivity contribution is 5.75. The van der Waals surface area contributed by atoms with Crippen LogP contribution in [-0.2, 0) is 12.7 Å². The Morgan fingerprint density at radius 2 is 2.08 bits per heavy atom. The molecule has 1 aromatic heterocycles. The number of aliphatic hydroxyl groups excluding tert-OH is 1. The van der Waals surface area contributed by atoms with Gasteiger partial charge in [0.2, 0.25) is 0 Å². The first-order valence-electron chi connectivity index (χ1n) is 12.2. The highest BCUT2D eigenvalue weighted by Gasteiger charge is 2.34. The zero-order chi connectivity index (χ0) is 27.1. The first-order valence-corrected chi connectivity index (χ1v) is 12.2. The molecule has 0 bridgehead atoms. The van der Waals surface area contributed by atoms with Gasteiger partial charge in [0.25, 0.3) is 0 Å². The molecule has 3 N–H and O–H groups in total. The van der Waals surface area contributed by atoms with Crippen molar-refractivity contribution in [1.29, 1.82) is 5.41 Å². The van der Waals surface area contributed by atoms with E-state index in [0.717, 1.165) is 25.4 Å². The van der Waals surface area contributed by atoms with Crippen molar-refractivity contribution < 1.29 is 18.3 Å². The summed E-state index contributed by atoms with van der Waals surface area (Å²) in [4.78, 5) is 16.7. The second-order valence-electron chi connectivity index (χ2n) is 9.22. The van der Waals surface area contributed by atoms with Crippen molar-refractivity contribution in [3.8, 4) is 11.8 Å². The number of likely N-dealkylation sites (N-methyl/N-ethyl adjacent to an activating group) is 1. The van der Waals surface area contributed by atoms with E-state index in [1.165, 1.54) is 18.3 Å². The molecule has 2 atom stereocenters. The van der Waals surface area contributed by atoms with Gasteiger partial charge in [-0.2, -0.15) is 13.2 Å². The number of alkyl halides is 3. The molecule has 2 unspecified atom stereocenters. The molecular formula is C27H29F3N7O-. The van der Waals surface area contributed by atoms with Crippen molar-refractivity contribution in [2.75, 3.05) is 38.5 Å². The van der Waals surface area contributed by atoms with Crippen LogP contribution in [0.25, 0.3) is 6.08 Å². The lowest BCUT2D eigenvalue weighted by atomic mass is 9.98. The van der Waals surface area contributed by atoms with E-state index in [0.29, 0.717) is 36.6 Å². The maximum absolute atomic E-state index is 13.9. The van der Waals surface area contributed by atoms with Gasteiger partial charge in [0.05, 0.1) is 11.5 Å². The van der Waals surface area contributed by atoms with E-state index in [9.17, 15) is 18.3 Å². The molecular weight excluding hydrogens is 495 g/mol. The van der Waals surface area contributed by atoms with Crippen molar-refractivity contribution in [3.63, 3.8) is 0 Å². The summed E-state index contributed by atoms with van der Waals surface area (Å²) in [7, 11) is 2.00. The van der Waals surface area contributed by atoms with Crippen LogP contribution in [0, 0.1) is 23.2 Å². The Morgan fingerprint density at radius 3 is 2.82 bits per heavy atom. The molecule has 3 heterocycles. The fraction of sp³-hybridized carbons (Fsp3) is 0.370. The average Bonchev–Trinajstić information content (AvgIpc) is 3.36. The number of imidazole rings is 1. The monoisotopic (exact) mass is 524 g/mol. The van der Waals surface area contributed by atoms with Crippen LogP contribution in [0.1, 0.15) is 29.1 Å². The predicted molar refractivity (Wildman–Crippen MR) is 141 cm³/mol. The van der Waals surface area contributed by atoms with Crippen LogP contribution in [0.5, 0.6) is 0 Å². The zero-order valence-corrected chi connectivity index (χ0v) is 20.9. The number of aromatic nitrogens is 2. The van der Waals surface area contributed by atoms with Gasteiger partial charge in [-0.1, -0.05) is 30.2 Å². The Labute approximate surface area is 219 Å². The van der Waals surface area contributed by atoms with Gasteiger partial charge in [-0.25, -0.2) is 0 Å². The van der Waals surface area contributed by atoms with Gasteiger partial charge in [-0.3, -0.25) is 9.89 Å². The second-order valence-corrected chi connectivity index (χ2v) is 9.22. The quantitative estimate of drug-likeness (QED) is 0.292. The Balaban J connectivity index is 1.40. The summed E-state index contributed by atoms with van der Waals surface area (Å²) in [5.41, 5.74) is 0.756. The van der Waals surface area contributed by atoms with Crippen molar-refractivity contribution in [2.45, 2.75) is 25.4 Å². The lowest BCUT2D eigenvalue weighted by Crippen LogP contribution is -2.44. The van der Waals surface area contributed by atoms with Gasteiger partial charge in [-0.05, 0) is 54.3 Å². The predicted octanol–water partition coefficient (Wildman–Crippen LogP) is 3.22. The average molecular weight is 525 g/mol. The molecule has 1 fully saturated rings. The number of hydrogen-bond acceptors (Lipinski definition) is 7.